The van der Waals surface area contributed by atoms with Crippen molar-refractivity contribution in [2.75, 3.05) is 6.54 Å². The van der Waals surface area contributed by atoms with Gasteiger partial charge in [0, 0.05) is 24.5 Å². The third-order valence-electron chi connectivity index (χ3n) is 4.71. The molecule has 1 N–H and O–H groups in total. The molecule has 0 aliphatic rings. The zero-order valence-corrected chi connectivity index (χ0v) is 17.4. The molecule has 0 spiro atoms. The van der Waals surface area contributed by atoms with Crippen LogP contribution >= 0.6 is 0 Å². The molecule has 0 fully saturated rings. The van der Waals surface area contributed by atoms with Crippen molar-refractivity contribution in [1.29, 1.82) is 0 Å². The molecule has 0 bridgehead atoms. The van der Waals surface area contributed by atoms with E-state index in [1.54, 1.807) is 30.6 Å². The third-order valence-corrected chi connectivity index (χ3v) is 4.71. The van der Waals surface area contributed by atoms with E-state index >= 15 is 0 Å². The minimum absolute atomic E-state index is 0.0980. The van der Waals surface area contributed by atoms with Gasteiger partial charge >= 0.3 is 0 Å². The molecule has 0 saturated carbocycles. The molecule has 1 heterocycles. The van der Waals surface area contributed by atoms with Crippen LogP contribution in [0.15, 0.2) is 67.0 Å². The number of benzene rings is 2. The highest BCUT2D eigenvalue weighted by Crippen LogP contribution is 2.24. The lowest BCUT2D eigenvalue weighted by Gasteiger charge is -2.15. The summed E-state index contributed by atoms with van der Waals surface area (Å²) in [7, 11) is 0. The number of aromatic nitrogens is 1. The second-order valence-corrected chi connectivity index (χ2v) is 7.70. The third kappa shape index (κ3) is 6.41. The highest BCUT2D eigenvalue weighted by molar-refractivity contribution is 5.94. The van der Waals surface area contributed by atoms with Gasteiger partial charge in [-0.2, -0.15) is 0 Å². The summed E-state index contributed by atoms with van der Waals surface area (Å²) in [5.74, 6) is 0.808. The Morgan fingerprint density at radius 2 is 1.77 bits per heavy atom. The molecule has 0 aliphatic carbocycles. The summed E-state index contributed by atoms with van der Waals surface area (Å²) in [5, 5.41) is 2.97. The maximum absolute atomic E-state index is 13.1. The van der Waals surface area contributed by atoms with Gasteiger partial charge in [0.05, 0.1) is 0 Å². The monoisotopic (exact) mass is 406 g/mol. The number of hydrogen-bond donors (Lipinski definition) is 1. The van der Waals surface area contributed by atoms with Gasteiger partial charge in [-0.3, -0.25) is 9.78 Å². The van der Waals surface area contributed by atoms with Crippen molar-refractivity contribution in [3.05, 3.63) is 95.1 Å². The van der Waals surface area contributed by atoms with Gasteiger partial charge in [-0.25, -0.2) is 4.39 Å². The van der Waals surface area contributed by atoms with E-state index in [0.29, 0.717) is 24.6 Å². The van der Waals surface area contributed by atoms with Gasteiger partial charge in [0.1, 0.15) is 18.2 Å². The number of nitrogens with one attached hydrogen (secondary N) is 1. The van der Waals surface area contributed by atoms with Gasteiger partial charge in [-0.1, -0.05) is 26.0 Å². The molecule has 3 aromatic rings. The lowest BCUT2D eigenvalue weighted by molar-refractivity contribution is 0.0954. The summed E-state index contributed by atoms with van der Waals surface area (Å²) in [4.78, 5) is 16.6. The maximum atomic E-state index is 13.1. The second kappa shape index (κ2) is 10.5. The smallest absolute Gasteiger partial charge is 0.251 e. The fraction of sp³-hybridized carbons (Fsp3) is 0.280. The number of hydrogen-bond acceptors (Lipinski definition) is 3. The van der Waals surface area contributed by atoms with E-state index in [2.05, 4.69) is 24.1 Å². The van der Waals surface area contributed by atoms with E-state index in [0.717, 1.165) is 35.3 Å². The summed E-state index contributed by atoms with van der Waals surface area (Å²) >= 11 is 0. The molecule has 1 aromatic heterocycles. The minimum atomic E-state index is -0.265. The van der Waals surface area contributed by atoms with Gasteiger partial charge in [0.25, 0.3) is 5.91 Å². The Morgan fingerprint density at radius 3 is 2.47 bits per heavy atom. The van der Waals surface area contributed by atoms with Gasteiger partial charge in [0.2, 0.25) is 0 Å². The average molecular weight is 407 g/mol. The van der Waals surface area contributed by atoms with E-state index < -0.39 is 0 Å². The van der Waals surface area contributed by atoms with E-state index in [-0.39, 0.29) is 11.7 Å². The molecule has 30 heavy (non-hydrogen) atoms. The molecule has 1 amide bonds. The van der Waals surface area contributed by atoms with Crippen LogP contribution in [0.3, 0.4) is 0 Å². The predicted octanol–water partition coefficient (Wildman–Crippen LogP) is 4.97. The first-order valence-corrected chi connectivity index (χ1v) is 10.2. The summed E-state index contributed by atoms with van der Waals surface area (Å²) in [5.41, 5.74) is 3.64. The highest BCUT2D eigenvalue weighted by atomic mass is 19.1. The zero-order chi connectivity index (χ0) is 21.3. The van der Waals surface area contributed by atoms with Crippen LogP contribution in [0.2, 0.25) is 0 Å². The number of carbonyl (C=O) groups is 1. The quantitative estimate of drug-likeness (QED) is 0.546. The van der Waals surface area contributed by atoms with Crippen LogP contribution in [-0.2, 0) is 19.4 Å². The first-order chi connectivity index (χ1) is 14.5. The van der Waals surface area contributed by atoms with Gasteiger partial charge in [0.15, 0.2) is 0 Å². The Balaban J connectivity index is 1.64. The maximum Gasteiger partial charge on any atom is 0.251 e. The number of amides is 1. The van der Waals surface area contributed by atoms with Gasteiger partial charge < -0.3 is 10.1 Å². The topological polar surface area (TPSA) is 51.2 Å². The molecule has 0 aliphatic heterocycles. The summed E-state index contributed by atoms with van der Waals surface area (Å²) in [6, 6.07) is 15.7. The van der Waals surface area contributed by atoms with Crippen molar-refractivity contribution in [2.24, 2.45) is 5.92 Å². The van der Waals surface area contributed by atoms with Crippen LogP contribution in [0, 0.1) is 11.7 Å². The van der Waals surface area contributed by atoms with Crippen LogP contribution in [0.1, 0.15) is 40.9 Å². The van der Waals surface area contributed by atoms with E-state index in [4.69, 9.17) is 4.74 Å². The first kappa shape index (κ1) is 21.5. The fourth-order valence-corrected chi connectivity index (χ4v) is 3.17. The molecule has 5 heteroatoms. The number of ether oxygens (including phenoxy) is 1. The minimum Gasteiger partial charge on any atom is -0.489 e. The SMILES string of the molecule is CC(C)Cc1cc(C(=O)NCCc2ccncc2)ccc1OCc1ccc(F)cc1. The van der Waals surface area contributed by atoms with Crippen molar-refractivity contribution in [3.63, 3.8) is 0 Å². The van der Waals surface area contributed by atoms with Crippen LogP contribution in [0.25, 0.3) is 0 Å². The molecule has 0 atom stereocenters. The van der Waals surface area contributed by atoms with Crippen LogP contribution in [0.5, 0.6) is 5.75 Å². The van der Waals surface area contributed by atoms with Crippen LogP contribution in [-0.4, -0.2) is 17.4 Å². The molecule has 0 radical (unpaired) electrons. The molecule has 2 aromatic carbocycles. The number of rotatable bonds is 9. The van der Waals surface area contributed by atoms with E-state index in [9.17, 15) is 9.18 Å². The Bertz CT molecular complexity index is 957. The normalized spacial score (nSPS) is 10.8. The van der Waals surface area contributed by atoms with Crippen molar-refractivity contribution in [1.82, 2.24) is 10.3 Å². The van der Waals surface area contributed by atoms with Crippen LogP contribution in [0.4, 0.5) is 4.39 Å². The lowest BCUT2D eigenvalue weighted by atomic mass is 9.99. The molecular formula is C25H27FN2O2. The van der Waals surface area contributed by atoms with E-state index in [1.165, 1.54) is 12.1 Å². The molecule has 3 rings (SSSR count). The Labute approximate surface area is 177 Å². The Morgan fingerprint density at radius 1 is 1.03 bits per heavy atom. The predicted molar refractivity (Wildman–Crippen MR) is 116 cm³/mol. The van der Waals surface area contributed by atoms with Crippen molar-refractivity contribution < 1.29 is 13.9 Å². The number of nitrogens with zero attached hydrogens (tertiary/aromatic N) is 1. The van der Waals surface area contributed by atoms with Crippen LogP contribution < -0.4 is 10.1 Å². The standard InChI is InChI=1S/C25H27FN2O2/c1-18(2)15-22-16-21(25(29)28-14-11-19-9-12-27-13-10-19)5-8-24(22)30-17-20-3-6-23(26)7-4-20/h3-10,12-13,16,18H,11,14-15,17H2,1-2H3,(H,28,29). The lowest BCUT2D eigenvalue weighted by Crippen LogP contribution is -2.25. The summed E-state index contributed by atoms with van der Waals surface area (Å²) < 4.78 is 19.1. The molecular weight excluding hydrogens is 379 g/mol. The summed E-state index contributed by atoms with van der Waals surface area (Å²) in [6.07, 6.45) is 5.06. The first-order valence-electron chi connectivity index (χ1n) is 10.2. The summed E-state index contributed by atoms with van der Waals surface area (Å²) in [6.45, 7) is 5.17. The number of pyridine rings is 1. The average Bonchev–Trinajstić information content (AvgIpc) is 2.74. The Kier molecular flexibility index (Phi) is 7.55. The number of carbonyl (C=O) groups excluding carboxylic acids is 1. The second-order valence-electron chi connectivity index (χ2n) is 7.70. The largest absolute Gasteiger partial charge is 0.489 e. The molecule has 0 saturated heterocycles. The van der Waals surface area contributed by atoms with Crippen molar-refractivity contribution >= 4 is 5.91 Å². The van der Waals surface area contributed by atoms with E-state index in [1.807, 2.05) is 24.3 Å². The number of halogens is 1. The van der Waals surface area contributed by atoms with Gasteiger partial charge in [-0.05, 0) is 77.9 Å². The molecule has 156 valence electrons. The highest BCUT2D eigenvalue weighted by Gasteiger charge is 2.12. The zero-order valence-electron chi connectivity index (χ0n) is 17.4. The van der Waals surface area contributed by atoms with Gasteiger partial charge in [-0.15, -0.1) is 0 Å². The van der Waals surface area contributed by atoms with Crippen molar-refractivity contribution in [3.8, 4) is 5.75 Å². The molecule has 0 unspecified atom stereocenters. The Hall–Kier alpha value is -3.21. The van der Waals surface area contributed by atoms with Crippen molar-refractivity contribution in [2.45, 2.75) is 33.3 Å². The fourth-order valence-electron chi connectivity index (χ4n) is 3.17. The molecule has 4 nitrogen and oxygen atoms in total.